The van der Waals surface area contributed by atoms with Gasteiger partial charge in [-0.3, -0.25) is 0 Å². The van der Waals surface area contributed by atoms with E-state index >= 15 is 0 Å². The molecule has 2 heteroatoms. The molecular formula is C28H48O2. The molecule has 30 heavy (non-hydrogen) atoms. The number of hydrogen-bond donors (Lipinski definition) is 2. The molecule has 8 atom stereocenters. The Morgan fingerprint density at radius 2 is 1.83 bits per heavy atom. The second-order valence-electron chi connectivity index (χ2n) is 12.8. The van der Waals surface area contributed by atoms with Gasteiger partial charge in [-0.25, -0.2) is 0 Å². The topological polar surface area (TPSA) is 40.5 Å². The minimum Gasteiger partial charge on any atom is -0.393 e. The maximum absolute atomic E-state index is 11.6. The molecule has 3 fully saturated rings. The van der Waals surface area contributed by atoms with Gasteiger partial charge in [0.05, 0.1) is 11.7 Å². The number of hydrogen-bond acceptors (Lipinski definition) is 2. The van der Waals surface area contributed by atoms with Crippen LogP contribution in [0.3, 0.4) is 0 Å². The Hall–Kier alpha value is -0.340. The van der Waals surface area contributed by atoms with Crippen LogP contribution in [0, 0.1) is 40.4 Å². The van der Waals surface area contributed by atoms with Crippen LogP contribution in [-0.2, 0) is 0 Å². The van der Waals surface area contributed by atoms with Gasteiger partial charge < -0.3 is 10.2 Å². The van der Waals surface area contributed by atoms with Gasteiger partial charge in [0.15, 0.2) is 0 Å². The predicted molar refractivity (Wildman–Crippen MR) is 125 cm³/mol. The van der Waals surface area contributed by atoms with Gasteiger partial charge >= 0.3 is 0 Å². The number of rotatable bonds is 6. The zero-order valence-electron chi connectivity index (χ0n) is 20.4. The summed E-state index contributed by atoms with van der Waals surface area (Å²) in [5.41, 5.74) is 1.68. The second kappa shape index (κ2) is 8.22. The van der Waals surface area contributed by atoms with E-state index in [0.717, 1.165) is 42.9 Å². The van der Waals surface area contributed by atoms with Gasteiger partial charge in [-0.05, 0) is 105 Å². The summed E-state index contributed by atoms with van der Waals surface area (Å²) in [4.78, 5) is 0. The lowest BCUT2D eigenvalue weighted by Crippen LogP contribution is -2.53. The first-order valence-corrected chi connectivity index (χ1v) is 13.2. The molecular weight excluding hydrogens is 368 g/mol. The largest absolute Gasteiger partial charge is 0.393 e. The summed E-state index contributed by atoms with van der Waals surface area (Å²) in [6, 6.07) is 0. The van der Waals surface area contributed by atoms with E-state index in [1.807, 2.05) is 0 Å². The van der Waals surface area contributed by atoms with Gasteiger partial charge in [-0.2, -0.15) is 0 Å². The average molecular weight is 417 g/mol. The van der Waals surface area contributed by atoms with Crippen LogP contribution in [0.5, 0.6) is 0 Å². The molecule has 0 spiro atoms. The summed E-state index contributed by atoms with van der Waals surface area (Å²) < 4.78 is 0. The molecule has 4 rings (SSSR count). The Morgan fingerprint density at radius 1 is 1.07 bits per heavy atom. The van der Waals surface area contributed by atoms with Crippen LogP contribution in [0.15, 0.2) is 11.6 Å². The Labute approximate surface area is 185 Å². The molecule has 0 bridgehead atoms. The minimum atomic E-state index is -0.512. The highest BCUT2D eigenvalue weighted by Crippen LogP contribution is 2.67. The van der Waals surface area contributed by atoms with Crippen molar-refractivity contribution in [2.75, 3.05) is 0 Å². The molecule has 0 saturated heterocycles. The molecule has 172 valence electrons. The number of allylic oxidation sites excluding steroid dienone is 1. The average Bonchev–Trinajstić information content (AvgIpc) is 3.04. The number of aliphatic hydroxyl groups is 2. The monoisotopic (exact) mass is 416 g/mol. The zero-order chi connectivity index (χ0) is 21.7. The van der Waals surface area contributed by atoms with E-state index in [-0.39, 0.29) is 6.10 Å². The van der Waals surface area contributed by atoms with E-state index in [2.05, 4.69) is 40.7 Å². The SMILES string of the molecule is CC(C)CCCC[C@](C)(O)[C@H]1CC[C@H]2[C@@H]3CC=C4C[C@@H](O)CC[C@]4(C)[C@H]3CC[C@@]21C. The van der Waals surface area contributed by atoms with Gasteiger partial charge in [0, 0.05) is 0 Å². The van der Waals surface area contributed by atoms with Crippen molar-refractivity contribution in [1.82, 2.24) is 0 Å². The van der Waals surface area contributed by atoms with Crippen molar-refractivity contribution in [2.24, 2.45) is 40.4 Å². The molecule has 4 aliphatic carbocycles. The van der Waals surface area contributed by atoms with Gasteiger partial charge in [0.25, 0.3) is 0 Å². The van der Waals surface area contributed by atoms with Crippen LogP contribution < -0.4 is 0 Å². The van der Waals surface area contributed by atoms with Crippen molar-refractivity contribution < 1.29 is 10.2 Å². The third kappa shape index (κ3) is 3.83. The third-order valence-corrected chi connectivity index (χ3v) is 10.5. The smallest absolute Gasteiger partial charge is 0.0653 e. The van der Waals surface area contributed by atoms with Gasteiger partial charge in [-0.15, -0.1) is 0 Å². The van der Waals surface area contributed by atoms with Crippen molar-refractivity contribution >= 4 is 0 Å². The molecule has 2 N–H and O–H groups in total. The molecule has 0 aromatic rings. The first kappa shape index (κ1) is 22.8. The lowest BCUT2D eigenvalue weighted by molar-refractivity contribution is -0.105. The molecule has 2 nitrogen and oxygen atoms in total. The Bertz CT molecular complexity index is 649. The van der Waals surface area contributed by atoms with Gasteiger partial charge in [-0.1, -0.05) is 58.6 Å². The molecule has 0 aromatic carbocycles. The van der Waals surface area contributed by atoms with E-state index in [1.165, 1.54) is 57.8 Å². The van der Waals surface area contributed by atoms with Gasteiger partial charge in [0.2, 0.25) is 0 Å². The fourth-order valence-corrected chi connectivity index (χ4v) is 8.87. The van der Waals surface area contributed by atoms with E-state index in [9.17, 15) is 10.2 Å². The lowest BCUT2D eigenvalue weighted by atomic mass is 9.46. The molecule has 0 unspecified atom stereocenters. The number of unbranched alkanes of at least 4 members (excludes halogenated alkanes) is 1. The Kier molecular flexibility index (Phi) is 6.26. The van der Waals surface area contributed by atoms with Crippen molar-refractivity contribution in [3.8, 4) is 0 Å². The van der Waals surface area contributed by atoms with Crippen LogP contribution >= 0.6 is 0 Å². The molecule has 0 aromatic heterocycles. The lowest BCUT2D eigenvalue weighted by Gasteiger charge is -2.59. The summed E-state index contributed by atoms with van der Waals surface area (Å²) in [6.07, 6.45) is 16.5. The van der Waals surface area contributed by atoms with Crippen molar-refractivity contribution in [3.63, 3.8) is 0 Å². The van der Waals surface area contributed by atoms with Crippen molar-refractivity contribution in [1.29, 1.82) is 0 Å². The highest BCUT2D eigenvalue weighted by Gasteiger charge is 2.61. The molecule has 4 aliphatic rings. The first-order valence-electron chi connectivity index (χ1n) is 13.2. The highest BCUT2D eigenvalue weighted by atomic mass is 16.3. The Morgan fingerprint density at radius 3 is 2.57 bits per heavy atom. The zero-order valence-corrected chi connectivity index (χ0v) is 20.4. The maximum atomic E-state index is 11.6. The van der Waals surface area contributed by atoms with E-state index in [4.69, 9.17) is 0 Å². The number of fused-ring (bicyclic) bond motifs is 5. The maximum Gasteiger partial charge on any atom is 0.0653 e. The summed E-state index contributed by atoms with van der Waals surface area (Å²) >= 11 is 0. The van der Waals surface area contributed by atoms with Crippen LogP contribution in [0.25, 0.3) is 0 Å². The molecule has 0 aliphatic heterocycles. The molecule has 3 saturated carbocycles. The minimum absolute atomic E-state index is 0.114. The van der Waals surface area contributed by atoms with Crippen LogP contribution in [-0.4, -0.2) is 21.9 Å². The first-order chi connectivity index (χ1) is 14.1. The summed E-state index contributed by atoms with van der Waals surface area (Å²) in [6.45, 7) is 11.8. The molecule has 0 amide bonds. The summed E-state index contributed by atoms with van der Waals surface area (Å²) in [7, 11) is 0. The van der Waals surface area contributed by atoms with Crippen molar-refractivity contribution in [3.05, 3.63) is 11.6 Å². The third-order valence-electron chi connectivity index (χ3n) is 10.5. The normalized spacial score (nSPS) is 45.3. The highest BCUT2D eigenvalue weighted by molar-refractivity contribution is 5.25. The van der Waals surface area contributed by atoms with E-state index in [1.54, 1.807) is 5.57 Å². The van der Waals surface area contributed by atoms with Crippen molar-refractivity contribution in [2.45, 2.75) is 123 Å². The fraction of sp³-hybridized carbons (Fsp3) is 0.929. The molecule has 0 radical (unpaired) electrons. The second-order valence-corrected chi connectivity index (χ2v) is 12.8. The standard InChI is InChI=1S/C28H48O2/c1-19(2)8-6-7-15-28(5,30)25-12-11-23-22-10-9-20-18-21(29)13-16-26(20,3)24(22)14-17-27(23,25)4/h9,19,21-25,29-30H,6-8,10-18H2,1-5H3/t21-,22-,23-,24-,25-,26-,27-,28-/m0/s1. The summed E-state index contributed by atoms with van der Waals surface area (Å²) in [5, 5.41) is 21.8. The predicted octanol–water partition coefficient (Wildman–Crippen LogP) is 6.89. The summed E-state index contributed by atoms with van der Waals surface area (Å²) in [5.74, 6) is 3.57. The van der Waals surface area contributed by atoms with E-state index < -0.39 is 5.60 Å². The van der Waals surface area contributed by atoms with E-state index in [0.29, 0.717) is 16.7 Å². The van der Waals surface area contributed by atoms with Crippen LogP contribution in [0.4, 0.5) is 0 Å². The Balaban J connectivity index is 1.48. The number of aliphatic hydroxyl groups excluding tert-OH is 1. The van der Waals surface area contributed by atoms with Crippen LogP contribution in [0.1, 0.15) is 112 Å². The fourth-order valence-electron chi connectivity index (χ4n) is 8.87. The van der Waals surface area contributed by atoms with Gasteiger partial charge in [0.1, 0.15) is 0 Å². The molecule has 0 heterocycles. The van der Waals surface area contributed by atoms with Crippen LogP contribution in [0.2, 0.25) is 0 Å². The quantitative estimate of drug-likeness (QED) is 0.365.